The Morgan fingerprint density at radius 1 is 1.26 bits per heavy atom. The molecule has 1 atom stereocenters. The first-order valence-corrected chi connectivity index (χ1v) is 7.93. The number of rotatable bonds is 5. The van der Waals surface area contributed by atoms with E-state index in [9.17, 15) is 0 Å². The van der Waals surface area contributed by atoms with Crippen LogP contribution in [0.2, 0.25) is 10.0 Å². The number of thiophene rings is 1. The van der Waals surface area contributed by atoms with Gasteiger partial charge in [-0.2, -0.15) is 0 Å². The highest BCUT2D eigenvalue weighted by Crippen LogP contribution is 2.24. The minimum atomic E-state index is 0.381. The van der Waals surface area contributed by atoms with Crippen molar-refractivity contribution >= 4 is 34.5 Å². The zero-order chi connectivity index (χ0) is 13.8. The minimum Gasteiger partial charge on any atom is -0.309 e. The van der Waals surface area contributed by atoms with Gasteiger partial charge in [-0.1, -0.05) is 29.3 Å². The molecule has 0 amide bonds. The average Bonchev–Trinajstić information content (AvgIpc) is 2.78. The lowest BCUT2D eigenvalue weighted by Gasteiger charge is -2.14. The number of hydrogen-bond donors (Lipinski definition) is 1. The van der Waals surface area contributed by atoms with Gasteiger partial charge in [-0.25, -0.2) is 0 Å². The second kappa shape index (κ2) is 6.76. The topological polar surface area (TPSA) is 12.0 Å². The van der Waals surface area contributed by atoms with Crippen LogP contribution >= 0.6 is 34.5 Å². The number of halogens is 2. The van der Waals surface area contributed by atoms with Gasteiger partial charge in [-0.3, -0.25) is 0 Å². The molecular formula is C15H17Cl2NS. The monoisotopic (exact) mass is 313 g/mol. The molecule has 0 bridgehead atoms. The molecule has 2 rings (SSSR count). The predicted molar refractivity (Wildman–Crippen MR) is 85.6 cm³/mol. The van der Waals surface area contributed by atoms with E-state index < -0.39 is 0 Å². The lowest BCUT2D eigenvalue weighted by Crippen LogP contribution is -2.21. The molecular weight excluding hydrogens is 297 g/mol. The molecule has 102 valence electrons. The maximum Gasteiger partial charge on any atom is 0.0453 e. The molecule has 1 nitrogen and oxygen atoms in total. The van der Waals surface area contributed by atoms with E-state index in [-0.39, 0.29) is 0 Å². The van der Waals surface area contributed by atoms with Crippen molar-refractivity contribution in [3.8, 4) is 0 Å². The van der Waals surface area contributed by atoms with Gasteiger partial charge in [0, 0.05) is 21.0 Å². The zero-order valence-corrected chi connectivity index (χ0v) is 13.4. The van der Waals surface area contributed by atoms with Crippen molar-refractivity contribution in [1.29, 1.82) is 0 Å². The van der Waals surface area contributed by atoms with E-state index in [1.807, 2.05) is 12.1 Å². The van der Waals surface area contributed by atoms with Crippen LogP contribution in [-0.4, -0.2) is 6.54 Å². The number of nitrogens with one attached hydrogen (secondary N) is 1. The third kappa shape index (κ3) is 3.96. The zero-order valence-electron chi connectivity index (χ0n) is 11.0. The second-order valence-electron chi connectivity index (χ2n) is 4.63. The predicted octanol–water partition coefficient (Wildman–Crippen LogP) is 5.26. The van der Waals surface area contributed by atoms with Crippen molar-refractivity contribution in [3.63, 3.8) is 0 Å². The van der Waals surface area contributed by atoms with Gasteiger partial charge in [0.2, 0.25) is 0 Å². The maximum absolute atomic E-state index is 6.16. The van der Waals surface area contributed by atoms with Crippen LogP contribution < -0.4 is 5.32 Å². The smallest absolute Gasteiger partial charge is 0.0453 e. The van der Waals surface area contributed by atoms with Crippen molar-refractivity contribution in [2.24, 2.45) is 0 Å². The summed E-state index contributed by atoms with van der Waals surface area (Å²) in [7, 11) is 0. The fourth-order valence-electron chi connectivity index (χ4n) is 2.07. The summed E-state index contributed by atoms with van der Waals surface area (Å²) >= 11 is 13.9. The highest BCUT2D eigenvalue weighted by molar-refractivity contribution is 7.10. The van der Waals surface area contributed by atoms with Crippen molar-refractivity contribution in [2.75, 3.05) is 6.54 Å². The summed E-state index contributed by atoms with van der Waals surface area (Å²) in [5, 5.41) is 7.10. The van der Waals surface area contributed by atoms with E-state index in [0.717, 1.165) is 23.6 Å². The van der Waals surface area contributed by atoms with Crippen LogP contribution in [-0.2, 0) is 6.42 Å². The molecule has 4 heteroatoms. The number of aryl methyl sites for hydroxylation is 1. The Hall–Kier alpha value is -0.540. The fourth-order valence-corrected chi connectivity index (χ4v) is 3.53. The third-order valence-corrected chi connectivity index (χ3v) is 4.94. The molecule has 0 aliphatic heterocycles. The molecule has 0 aliphatic rings. The fraction of sp³-hybridized carbons (Fsp3) is 0.333. The van der Waals surface area contributed by atoms with Gasteiger partial charge in [0.25, 0.3) is 0 Å². The summed E-state index contributed by atoms with van der Waals surface area (Å²) in [6.07, 6.45) is 0.908. The summed E-state index contributed by atoms with van der Waals surface area (Å²) < 4.78 is 0. The van der Waals surface area contributed by atoms with Crippen LogP contribution in [0.15, 0.2) is 29.6 Å². The Labute approximate surface area is 128 Å². The molecule has 1 aromatic heterocycles. The molecule has 0 radical (unpaired) electrons. The Morgan fingerprint density at radius 2 is 2.05 bits per heavy atom. The molecule has 0 aliphatic carbocycles. The van der Waals surface area contributed by atoms with Crippen molar-refractivity contribution < 1.29 is 0 Å². The Bertz CT molecular complexity index is 551. The van der Waals surface area contributed by atoms with E-state index in [0.29, 0.717) is 11.1 Å². The van der Waals surface area contributed by atoms with Gasteiger partial charge in [-0.05, 0) is 61.5 Å². The highest BCUT2D eigenvalue weighted by atomic mass is 35.5. The molecule has 0 saturated heterocycles. The molecule has 1 heterocycles. The second-order valence-corrected chi connectivity index (χ2v) is 6.42. The Morgan fingerprint density at radius 3 is 2.68 bits per heavy atom. The van der Waals surface area contributed by atoms with E-state index in [4.69, 9.17) is 23.2 Å². The van der Waals surface area contributed by atoms with Gasteiger partial charge in [0.05, 0.1) is 0 Å². The Balaban J connectivity index is 1.88. The SMILES string of the molecule is Cc1ccsc1C(C)NCCc1ccc(Cl)cc1Cl. The normalized spacial score (nSPS) is 12.6. The minimum absolute atomic E-state index is 0.381. The van der Waals surface area contributed by atoms with Crippen LogP contribution in [0.3, 0.4) is 0 Å². The molecule has 1 unspecified atom stereocenters. The Kier molecular flexibility index (Phi) is 5.28. The van der Waals surface area contributed by atoms with Gasteiger partial charge in [-0.15, -0.1) is 11.3 Å². The van der Waals surface area contributed by atoms with E-state index in [2.05, 4.69) is 30.6 Å². The summed E-state index contributed by atoms with van der Waals surface area (Å²) in [5.74, 6) is 0. The standard InChI is InChI=1S/C15H17Cl2NS/c1-10-6-8-19-15(10)11(2)18-7-5-12-3-4-13(16)9-14(12)17/h3-4,6,8-9,11,18H,5,7H2,1-2H3. The van der Waals surface area contributed by atoms with Crippen LogP contribution in [0, 0.1) is 6.92 Å². The number of benzene rings is 1. The molecule has 2 aromatic rings. The summed E-state index contributed by atoms with van der Waals surface area (Å²) in [5.41, 5.74) is 2.49. The van der Waals surface area contributed by atoms with Gasteiger partial charge < -0.3 is 5.32 Å². The molecule has 19 heavy (non-hydrogen) atoms. The molecule has 0 spiro atoms. The lowest BCUT2D eigenvalue weighted by atomic mass is 10.1. The van der Waals surface area contributed by atoms with Crippen molar-refractivity contribution in [2.45, 2.75) is 26.3 Å². The van der Waals surface area contributed by atoms with Crippen LogP contribution in [0.1, 0.15) is 29.0 Å². The highest BCUT2D eigenvalue weighted by Gasteiger charge is 2.09. The first kappa shape index (κ1) is 14.9. The van der Waals surface area contributed by atoms with Gasteiger partial charge in [0.15, 0.2) is 0 Å². The van der Waals surface area contributed by atoms with Crippen LogP contribution in [0.25, 0.3) is 0 Å². The first-order chi connectivity index (χ1) is 9.08. The van der Waals surface area contributed by atoms with Crippen molar-refractivity contribution in [3.05, 3.63) is 55.7 Å². The molecule has 1 aromatic carbocycles. The average molecular weight is 314 g/mol. The summed E-state index contributed by atoms with van der Waals surface area (Å²) in [6, 6.07) is 8.22. The van der Waals surface area contributed by atoms with Crippen LogP contribution in [0.4, 0.5) is 0 Å². The third-order valence-electron chi connectivity index (χ3n) is 3.15. The molecule has 0 fully saturated rings. The number of hydrogen-bond acceptors (Lipinski definition) is 2. The molecule has 0 saturated carbocycles. The summed E-state index contributed by atoms with van der Waals surface area (Å²) in [4.78, 5) is 1.40. The van der Waals surface area contributed by atoms with Crippen molar-refractivity contribution in [1.82, 2.24) is 5.32 Å². The quantitative estimate of drug-likeness (QED) is 0.794. The summed E-state index contributed by atoms with van der Waals surface area (Å²) in [6.45, 7) is 5.25. The lowest BCUT2D eigenvalue weighted by molar-refractivity contribution is 0.583. The maximum atomic E-state index is 6.16. The molecule has 1 N–H and O–H groups in total. The largest absolute Gasteiger partial charge is 0.309 e. The van der Waals surface area contributed by atoms with E-state index >= 15 is 0 Å². The van der Waals surface area contributed by atoms with E-state index in [1.54, 1.807) is 17.4 Å². The van der Waals surface area contributed by atoms with Gasteiger partial charge >= 0.3 is 0 Å². The van der Waals surface area contributed by atoms with Gasteiger partial charge in [0.1, 0.15) is 0 Å². The van der Waals surface area contributed by atoms with Crippen LogP contribution in [0.5, 0.6) is 0 Å². The first-order valence-electron chi connectivity index (χ1n) is 6.29. The van der Waals surface area contributed by atoms with E-state index in [1.165, 1.54) is 10.4 Å².